The first-order valence-electron chi connectivity index (χ1n) is 11.1. The number of carbonyl (C=O) groups is 1. The van der Waals surface area contributed by atoms with E-state index in [1.54, 1.807) is 4.67 Å². The van der Waals surface area contributed by atoms with Gasteiger partial charge in [0, 0.05) is 24.6 Å². The Labute approximate surface area is 195 Å². The number of aromatic carboxylic acids is 1. The van der Waals surface area contributed by atoms with Gasteiger partial charge in [0.2, 0.25) is 0 Å². The summed E-state index contributed by atoms with van der Waals surface area (Å²) >= 11 is 1.25. The van der Waals surface area contributed by atoms with Gasteiger partial charge in [-0.15, -0.1) is 11.3 Å². The standard InChI is InChI=1S/C24H34NO5PS/c1-6-30-31(28,19-9-7-17(2)8-10-19)25(16-18-11-13-29-14-12-18)20-15-21(24(3,4)5)32-22(20)23(26)27/h7-10,15,18H,6,11-14,16H2,1-5H3,(H,26,27). The molecule has 1 unspecified atom stereocenters. The minimum absolute atomic E-state index is 0.203. The van der Waals surface area contributed by atoms with Crippen LogP contribution >= 0.6 is 18.9 Å². The zero-order chi connectivity index (χ0) is 23.5. The average molecular weight is 480 g/mol. The molecule has 32 heavy (non-hydrogen) atoms. The molecule has 1 atom stereocenters. The number of benzene rings is 1. The Morgan fingerprint density at radius 3 is 2.41 bits per heavy atom. The van der Waals surface area contributed by atoms with Crippen molar-refractivity contribution in [3.05, 3.63) is 45.6 Å². The Kier molecular flexibility index (Phi) is 7.87. The van der Waals surface area contributed by atoms with Crippen LogP contribution in [0.5, 0.6) is 0 Å². The van der Waals surface area contributed by atoms with Crippen LogP contribution < -0.4 is 9.97 Å². The van der Waals surface area contributed by atoms with E-state index in [1.807, 2.05) is 44.2 Å². The highest BCUT2D eigenvalue weighted by Crippen LogP contribution is 2.55. The van der Waals surface area contributed by atoms with Crippen molar-refractivity contribution in [2.45, 2.75) is 52.9 Å². The smallest absolute Gasteiger partial charge is 0.348 e. The highest BCUT2D eigenvalue weighted by Gasteiger charge is 2.39. The van der Waals surface area contributed by atoms with E-state index in [-0.39, 0.29) is 22.8 Å². The summed E-state index contributed by atoms with van der Waals surface area (Å²) in [5.74, 6) is -0.771. The van der Waals surface area contributed by atoms with Gasteiger partial charge >= 0.3 is 13.5 Å². The summed E-state index contributed by atoms with van der Waals surface area (Å²) in [7, 11) is -3.56. The maximum atomic E-state index is 14.6. The van der Waals surface area contributed by atoms with Crippen LogP contribution in [0.25, 0.3) is 0 Å². The molecule has 3 rings (SSSR count). The molecule has 0 aliphatic carbocycles. The topological polar surface area (TPSA) is 76.1 Å². The number of ether oxygens (including phenoxy) is 1. The minimum Gasteiger partial charge on any atom is -0.477 e. The van der Waals surface area contributed by atoms with E-state index in [9.17, 15) is 14.5 Å². The van der Waals surface area contributed by atoms with Crippen LogP contribution in [0.3, 0.4) is 0 Å². The third-order valence-corrected chi connectivity index (χ3v) is 9.79. The summed E-state index contributed by atoms with van der Waals surface area (Å²) in [4.78, 5) is 13.4. The number of rotatable bonds is 8. The van der Waals surface area contributed by atoms with E-state index < -0.39 is 13.5 Å². The number of anilines is 1. The number of aryl methyl sites for hydroxylation is 1. The predicted octanol–water partition coefficient (Wildman–Crippen LogP) is 5.84. The van der Waals surface area contributed by atoms with E-state index in [2.05, 4.69) is 20.8 Å². The lowest BCUT2D eigenvalue weighted by Gasteiger charge is -2.36. The Morgan fingerprint density at radius 2 is 1.88 bits per heavy atom. The second-order valence-corrected chi connectivity index (χ2v) is 12.6. The maximum absolute atomic E-state index is 14.6. The van der Waals surface area contributed by atoms with Crippen molar-refractivity contribution < 1.29 is 23.7 Å². The van der Waals surface area contributed by atoms with E-state index in [4.69, 9.17) is 9.26 Å². The van der Waals surface area contributed by atoms with E-state index >= 15 is 0 Å². The molecule has 2 aromatic rings. The van der Waals surface area contributed by atoms with Crippen LogP contribution in [0.1, 0.15) is 60.6 Å². The van der Waals surface area contributed by atoms with Crippen LogP contribution in [0.15, 0.2) is 30.3 Å². The first-order valence-corrected chi connectivity index (χ1v) is 13.5. The number of carboxylic acid groups (broad SMARTS) is 1. The molecule has 1 saturated heterocycles. The molecule has 6 nitrogen and oxygen atoms in total. The summed E-state index contributed by atoms with van der Waals surface area (Å²) in [6.45, 7) is 12.0. The molecule has 1 aliphatic heterocycles. The zero-order valence-electron chi connectivity index (χ0n) is 19.6. The van der Waals surface area contributed by atoms with E-state index in [0.29, 0.717) is 30.8 Å². The average Bonchev–Trinajstić information content (AvgIpc) is 3.19. The highest BCUT2D eigenvalue weighted by molar-refractivity contribution is 7.68. The molecule has 1 fully saturated rings. The fraction of sp³-hybridized carbons (Fsp3) is 0.542. The number of carboxylic acids is 1. The summed E-state index contributed by atoms with van der Waals surface area (Å²) in [5, 5.41) is 10.6. The summed E-state index contributed by atoms with van der Waals surface area (Å²) in [5.41, 5.74) is 1.32. The predicted molar refractivity (Wildman–Crippen MR) is 131 cm³/mol. The number of thiophene rings is 1. The molecule has 2 heterocycles. The fourth-order valence-corrected chi connectivity index (χ4v) is 7.26. The molecule has 176 valence electrons. The summed E-state index contributed by atoms with van der Waals surface area (Å²) < 4.78 is 27.9. The molecule has 0 saturated carbocycles. The van der Waals surface area contributed by atoms with Crippen molar-refractivity contribution in [3.63, 3.8) is 0 Å². The SMILES string of the molecule is CCOP(=O)(c1ccc(C)cc1)N(CC1CCOCC1)c1cc(C(C)(C)C)sc1C(=O)O. The second kappa shape index (κ2) is 10.1. The molecule has 8 heteroatoms. The Balaban J connectivity index is 2.18. The van der Waals surface area contributed by atoms with Crippen molar-refractivity contribution in [1.82, 2.24) is 0 Å². The third kappa shape index (κ3) is 5.45. The third-order valence-electron chi connectivity index (χ3n) is 5.68. The van der Waals surface area contributed by atoms with Crippen LogP contribution in [0.2, 0.25) is 0 Å². The maximum Gasteiger partial charge on any atom is 0.348 e. The lowest BCUT2D eigenvalue weighted by atomic mass is 9.94. The van der Waals surface area contributed by atoms with Gasteiger partial charge in [-0.05, 0) is 56.2 Å². The van der Waals surface area contributed by atoms with Gasteiger partial charge in [0.25, 0.3) is 0 Å². The molecular formula is C24H34NO5PS. The fourth-order valence-electron chi connectivity index (χ4n) is 3.81. The molecule has 1 aromatic heterocycles. The van der Waals surface area contributed by atoms with Crippen LogP contribution in [-0.4, -0.2) is 37.4 Å². The van der Waals surface area contributed by atoms with E-state index in [1.165, 1.54) is 11.3 Å². The quantitative estimate of drug-likeness (QED) is 0.480. The molecular weight excluding hydrogens is 445 g/mol. The number of nitrogens with zero attached hydrogens (tertiary/aromatic N) is 1. The highest BCUT2D eigenvalue weighted by atomic mass is 32.1. The largest absolute Gasteiger partial charge is 0.477 e. The molecule has 0 bridgehead atoms. The molecule has 0 radical (unpaired) electrons. The summed E-state index contributed by atoms with van der Waals surface area (Å²) in [6.07, 6.45) is 1.68. The van der Waals surface area contributed by atoms with Gasteiger partial charge in [0.05, 0.1) is 17.6 Å². The molecule has 1 aromatic carbocycles. The lowest BCUT2D eigenvalue weighted by Crippen LogP contribution is -2.35. The Hall–Kier alpha value is -1.66. The van der Waals surface area contributed by atoms with Gasteiger partial charge in [-0.2, -0.15) is 0 Å². The molecule has 0 amide bonds. The Bertz CT molecular complexity index is 973. The van der Waals surface area contributed by atoms with Crippen molar-refractivity contribution in [3.8, 4) is 0 Å². The number of hydrogen-bond donors (Lipinski definition) is 1. The molecule has 1 N–H and O–H groups in total. The first kappa shape index (κ1) is 25.0. The summed E-state index contributed by atoms with van der Waals surface area (Å²) in [6, 6.07) is 9.40. The van der Waals surface area contributed by atoms with Gasteiger partial charge in [-0.1, -0.05) is 38.5 Å². The van der Waals surface area contributed by atoms with Crippen molar-refractivity contribution >= 4 is 35.8 Å². The van der Waals surface area contributed by atoms with Gasteiger partial charge in [-0.25, -0.2) is 4.79 Å². The van der Waals surface area contributed by atoms with Crippen molar-refractivity contribution in [2.75, 3.05) is 31.0 Å². The molecule has 0 spiro atoms. The van der Waals surface area contributed by atoms with Crippen molar-refractivity contribution in [1.29, 1.82) is 0 Å². The van der Waals surface area contributed by atoms with Crippen LogP contribution in [-0.2, 0) is 19.2 Å². The van der Waals surface area contributed by atoms with Gasteiger partial charge in [-0.3, -0.25) is 9.24 Å². The van der Waals surface area contributed by atoms with Gasteiger partial charge in [0.1, 0.15) is 4.88 Å². The van der Waals surface area contributed by atoms with Crippen molar-refractivity contribution in [2.24, 2.45) is 5.92 Å². The zero-order valence-corrected chi connectivity index (χ0v) is 21.3. The normalized spacial score (nSPS) is 17.2. The van der Waals surface area contributed by atoms with E-state index in [0.717, 1.165) is 23.3 Å². The lowest BCUT2D eigenvalue weighted by molar-refractivity contribution is 0.0683. The Morgan fingerprint density at radius 1 is 1.25 bits per heavy atom. The first-order chi connectivity index (χ1) is 15.1. The monoisotopic (exact) mass is 479 g/mol. The van der Waals surface area contributed by atoms with Gasteiger partial charge < -0.3 is 14.4 Å². The van der Waals surface area contributed by atoms with Crippen LogP contribution in [0, 0.1) is 12.8 Å². The minimum atomic E-state index is -3.56. The molecule has 1 aliphatic rings. The second-order valence-electron chi connectivity index (χ2n) is 9.29. The number of hydrogen-bond acceptors (Lipinski definition) is 5. The van der Waals surface area contributed by atoms with Crippen LogP contribution in [0.4, 0.5) is 5.69 Å². The van der Waals surface area contributed by atoms with Gasteiger partial charge in [0.15, 0.2) is 0 Å².